The number of hydrogen-bond acceptors (Lipinski definition) is 3. The van der Waals surface area contributed by atoms with Gasteiger partial charge in [0.25, 0.3) is 5.91 Å². The van der Waals surface area contributed by atoms with Gasteiger partial charge in [-0.1, -0.05) is 12.8 Å². The number of rotatable bonds is 4. The maximum Gasteiger partial charge on any atom is 0.251 e. The first-order valence-corrected chi connectivity index (χ1v) is 8.56. The Kier molecular flexibility index (Phi) is 6.63. The van der Waals surface area contributed by atoms with Crippen LogP contribution < -0.4 is 16.0 Å². The molecule has 132 valence electrons. The summed E-state index contributed by atoms with van der Waals surface area (Å²) in [6.07, 6.45) is 5.44. The second kappa shape index (κ2) is 8.49. The highest BCUT2D eigenvalue weighted by molar-refractivity contribution is 5.97. The predicted molar refractivity (Wildman–Crippen MR) is 97.8 cm³/mol. The summed E-state index contributed by atoms with van der Waals surface area (Å²) >= 11 is 0. The van der Waals surface area contributed by atoms with Crippen molar-refractivity contribution in [2.24, 2.45) is 5.92 Å². The summed E-state index contributed by atoms with van der Waals surface area (Å²) in [4.78, 5) is 24.5. The Bertz CT molecular complexity index is 594. The molecule has 1 aliphatic carbocycles. The summed E-state index contributed by atoms with van der Waals surface area (Å²) in [5, 5.41) is 9.27. The molecule has 1 saturated heterocycles. The molecule has 24 heavy (non-hydrogen) atoms. The van der Waals surface area contributed by atoms with E-state index in [1.165, 1.54) is 12.8 Å². The molecule has 1 saturated carbocycles. The van der Waals surface area contributed by atoms with Gasteiger partial charge in [-0.05, 0) is 56.5 Å². The van der Waals surface area contributed by atoms with E-state index in [0.717, 1.165) is 43.6 Å². The van der Waals surface area contributed by atoms with Crippen molar-refractivity contribution in [3.63, 3.8) is 0 Å². The second-order valence-electron chi connectivity index (χ2n) is 6.66. The van der Waals surface area contributed by atoms with Gasteiger partial charge < -0.3 is 16.0 Å². The van der Waals surface area contributed by atoms with E-state index in [1.807, 2.05) is 19.1 Å². The van der Waals surface area contributed by atoms with Crippen molar-refractivity contribution in [3.05, 3.63) is 29.3 Å². The monoisotopic (exact) mass is 351 g/mol. The summed E-state index contributed by atoms with van der Waals surface area (Å²) in [6, 6.07) is 5.79. The standard InChI is InChI=1S/C18H25N3O2.ClH/c1-12-10-13(17(22)20-15-4-2-3-5-15)6-7-16(12)21-18(23)14-8-9-19-11-14;/h6-7,10,14-15,19H,2-5,8-9,11H2,1H3,(H,20,22)(H,21,23);1H. The third-order valence-corrected chi connectivity index (χ3v) is 4.87. The van der Waals surface area contributed by atoms with Crippen LogP contribution in [-0.4, -0.2) is 30.9 Å². The van der Waals surface area contributed by atoms with Crippen molar-refractivity contribution in [3.8, 4) is 0 Å². The Morgan fingerprint density at radius 3 is 2.54 bits per heavy atom. The fourth-order valence-electron chi connectivity index (χ4n) is 3.40. The lowest BCUT2D eigenvalue weighted by atomic mass is 10.1. The molecule has 2 amide bonds. The number of benzene rings is 1. The third-order valence-electron chi connectivity index (χ3n) is 4.87. The van der Waals surface area contributed by atoms with Crippen molar-refractivity contribution < 1.29 is 9.59 Å². The minimum atomic E-state index is -0.0159. The molecule has 2 fully saturated rings. The van der Waals surface area contributed by atoms with E-state index in [4.69, 9.17) is 0 Å². The Morgan fingerprint density at radius 2 is 1.92 bits per heavy atom. The van der Waals surface area contributed by atoms with Crippen LogP contribution in [-0.2, 0) is 4.79 Å². The zero-order valence-electron chi connectivity index (χ0n) is 14.1. The van der Waals surface area contributed by atoms with Crippen molar-refractivity contribution in [1.29, 1.82) is 0 Å². The van der Waals surface area contributed by atoms with Crippen LogP contribution in [0.15, 0.2) is 18.2 Å². The average Bonchev–Trinajstić information content (AvgIpc) is 3.22. The van der Waals surface area contributed by atoms with E-state index in [0.29, 0.717) is 11.6 Å². The number of anilines is 1. The molecule has 1 heterocycles. The Labute approximate surface area is 149 Å². The van der Waals surface area contributed by atoms with E-state index < -0.39 is 0 Å². The third kappa shape index (κ3) is 4.48. The minimum absolute atomic E-state index is 0. The fraction of sp³-hybridized carbons (Fsp3) is 0.556. The number of carbonyl (C=O) groups excluding carboxylic acids is 2. The first kappa shape index (κ1) is 18.7. The SMILES string of the molecule is Cc1cc(C(=O)NC2CCCC2)ccc1NC(=O)C1CCNC1.Cl. The van der Waals surface area contributed by atoms with Gasteiger partial charge in [-0.3, -0.25) is 9.59 Å². The molecule has 1 aliphatic heterocycles. The van der Waals surface area contributed by atoms with Crippen LogP contribution in [0.4, 0.5) is 5.69 Å². The number of nitrogens with one attached hydrogen (secondary N) is 3. The molecule has 1 aromatic rings. The molecule has 1 unspecified atom stereocenters. The van der Waals surface area contributed by atoms with Gasteiger partial charge >= 0.3 is 0 Å². The van der Waals surface area contributed by atoms with Crippen LogP contribution in [0.5, 0.6) is 0 Å². The molecule has 0 aromatic heterocycles. The first-order chi connectivity index (χ1) is 11.1. The molecule has 0 bridgehead atoms. The molecule has 0 spiro atoms. The number of amides is 2. The maximum absolute atomic E-state index is 12.3. The summed E-state index contributed by atoms with van der Waals surface area (Å²) in [7, 11) is 0. The molecule has 0 radical (unpaired) electrons. The Hall–Kier alpha value is -1.59. The van der Waals surface area contributed by atoms with Crippen LogP contribution in [0.2, 0.25) is 0 Å². The fourth-order valence-corrected chi connectivity index (χ4v) is 3.40. The summed E-state index contributed by atoms with van der Waals surface area (Å²) in [5.74, 6) is 0.0823. The molecule has 3 rings (SSSR count). The van der Waals surface area contributed by atoms with Crippen LogP contribution in [0.3, 0.4) is 0 Å². The topological polar surface area (TPSA) is 70.2 Å². The summed E-state index contributed by atoms with van der Waals surface area (Å²) in [6.45, 7) is 3.57. The lowest BCUT2D eigenvalue weighted by molar-refractivity contribution is -0.119. The van der Waals surface area contributed by atoms with Gasteiger partial charge in [0.05, 0.1) is 5.92 Å². The van der Waals surface area contributed by atoms with Crippen LogP contribution in [0.1, 0.15) is 48.0 Å². The van der Waals surface area contributed by atoms with Gasteiger partial charge in [-0.15, -0.1) is 12.4 Å². The lowest BCUT2D eigenvalue weighted by Gasteiger charge is -2.15. The van der Waals surface area contributed by atoms with E-state index in [2.05, 4.69) is 16.0 Å². The number of aryl methyl sites for hydroxylation is 1. The van der Waals surface area contributed by atoms with Gasteiger partial charge in [0.1, 0.15) is 0 Å². The van der Waals surface area contributed by atoms with Crippen LogP contribution in [0, 0.1) is 12.8 Å². The van der Waals surface area contributed by atoms with Gasteiger partial charge in [0.15, 0.2) is 0 Å². The van der Waals surface area contributed by atoms with E-state index in [1.54, 1.807) is 6.07 Å². The molecule has 2 aliphatic rings. The van der Waals surface area contributed by atoms with Crippen LogP contribution >= 0.6 is 12.4 Å². The normalized spacial score (nSPS) is 20.5. The molecule has 5 nitrogen and oxygen atoms in total. The number of hydrogen-bond donors (Lipinski definition) is 3. The lowest BCUT2D eigenvalue weighted by Crippen LogP contribution is -2.32. The Morgan fingerprint density at radius 1 is 1.17 bits per heavy atom. The number of halogens is 1. The van der Waals surface area contributed by atoms with Crippen molar-refractivity contribution in [2.75, 3.05) is 18.4 Å². The predicted octanol–water partition coefficient (Wildman–Crippen LogP) is 2.64. The quantitative estimate of drug-likeness (QED) is 0.781. The van der Waals surface area contributed by atoms with Crippen molar-refractivity contribution in [2.45, 2.75) is 45.1 Å². The van der Waals surface area contributed by atoms with Gasteiger partial charge in [-0.25, -0.2) is 0 Å². The smallest absolute Gasteiger partial charge is 0.251 e. The molecule has 1 atom stereocenters. The van der Waals surface area contributed by atoms with Gasteiger partial charge in [0.2, 0.25) is 5.91 Å². The maximum atomic E-state index is 12.3. The highest BCUT2D eigenvalue weighted by Crippen LogP contribution is 2.21. The van der Waals surface area contributed by atoms with E-state index in [9.17, 15) is 9.59 Å². The summed E-state index contributed by atoms with van der Waals surface area (Å²) < 4.78 is 0. The largest absolute Gasteiger partial charge is 0.349 e. The van der Waals surface area contributed by atoms with Crippen molar-refractivity contribution >= 4 is 29.9 Å². The molecular formula is C18H26ClN3O2. The number of carbonyl (C=O) groups is 2. The highest BCUT2D eigenvalue weighted by Gasteiger charge is 2.23. The Balaban J connectivity index is 0.00000208. The van der Waals surface area contributed by atoms with Crippen LogP contribution in [0.25, 0.3) is 0 Å². The average molecular weight is 352 g/mol. The molecule has 3 N–H and O–H groups in total. The van der Waals surface area contributed by atoms with Gasteiger partial charge in [0, 0.05) is 23.8 Å². The summed E-state index contributed by atoms with van der Waals surface area (Å²) in [5.41, 5.74) is 2.37. The zero-order valence-corrected chi connectivity index (χ0v) is 14.9. The highest BCUT2D eigenvalue weighted by atomic mass is 35.5. The van der Waals surface area contributed by atoms with E-state index in [-0.39, 0.29) is 30.1 Å². The molecular weight excluding hydrogens is 326 g/mol. The minimum Gasteiger partial charge on any atom is -0.349 e. The second-order valence-corrected chi connectivity index (χ2v) is 6.66. The zero-order chi connectivity index (χ0) is 16.2. The van der Waals surface area contributed by atoms with Gasteiger partial charge in [-0.2, -0.15) is 0 Å². The molecule has 6 heteroatoms. The van der Waals surface area contributed by atoms with Crippen molar-refractivity contribution in [1.82, 2.24) is 10.6 Å². The van der Waals surface area contributed by atoms with E-state index >= 15 is 0 Å². The first-order valence-electron chi connectivity index (χ1n) is 8.56. The molecule has 1 aromatic carbocycles.